The number of carbonyl (C=O) groups excluding carboxylic acids is 3. The average Bonchev–Trinajstić information content (AvgIpc) is 2.97. The average molecular weight is 553 g/mol. The fourth-order valence-electron chi connectivity index (χ4n) is 4.93. The number of nitrogens with one attached hydrogen (secondary N) is 3. The Kier molecular flexibility index (Phi) is 12.4. The van der Waals surface area contributed by atoms with Gasteiger partial charge in [-0.1, -0.05) is 68.8 Å². The molecule has 0 radical (unpaired) electrons. The fraction of sp³-hybridized carbons (Fsp3) is 0.516. The Morgan fingerprint density at radius 1 is 1.02 bits per heavy atom. The van der Waals surface area contributed by atoms with E-state index in [1.807, 2.05) is 68.4 Å². The SMILES string of the molecule is CCC(C)[C@@H]1NCCOc2ccccc2CCCNC(=O)[C@@H](Cc2ccccc2)NC(=O)[C@H](CCO)N(C)C1=O. The second kappa shape index (κ2) is 16.0. The van der Waals surface area contributed by atoms with Crippen LogP contribution in [0.2, 0.25) is 0 Å². The maximum atomic E-state index is 13.7. The number of hydrogen-bond acceptors (Lipinski definition) is 6. The van der Waals surface area contributed by atoms with Crippen molar-refractivity contribution in [1.82, 2.24) is 20.9 Å². The third-order valence-electron chi connectivity index (χ3n) is 7.53. The number of aliphatic hydroxyl groups excluding tert-OH is 1. The summed E-state index contributed by atoms with van der Waals surface area (Å²) in [6.45, 7) is 4.99. The molecule has 9 heteroatoms. The first-order chi connectivity index (χ1) is 19.3. The van der Waals surface area contributed by atoms with Crippen LogP contribution in [-0.4, -0.2) is 79.2 Å². The summed E-state index contributed by atoms with van der Waals surface area (Å²) >= 11 is 0. The number of carbonyl (C=O) groups is 3. The normalized spacial score (nSPS) is 22.6. The van der Waals surface area contributed by atoms with Crippen LogP contribution in [0, 0.1) is 5.92 Å². The second-order valence-electron chi connectivity index (χ2n) is 10.4. The van der Waals surface area contributed by atoms with E-state index in [4.69, 9.17) is 4.74 Å². The Morgan fingerprint density at radius 3 is 2.48 bits per heavy atom. The molecule has 1 aliphatic heterocycles. The Labute approximate surface area is 237 Å². The molecule has 0 aromatic heterocycles. The fourth-order valence-corrected chi connectivity index (χ4v) is 4.93. The number of fused-ring (bicyclic) bond motifs is 1. The lowest BCUT2D eigenvalue weighted by atomic mass is 9.96. The van der Waals surface area contributed by atoms with Gasteiger partial charge in [0.1, 0.15) is 24.4 Å². The van der Waals surface area contributed by atoms with E-state index in [1.54, 1.807) is 7.05 Å². The summed E-state index contributed by atoms with van der Waals surface area (Å²) in [5.41, 5.74) is 1.95. The Bertz CT molecular complexity index is 1100. The lowest BCUT2D eigenvalue weighted by Gasteiger charge is -2.33. The molecule has 3 rings (SSSR count). The molecule has 4 atom stereocenters. The number of amides is 3. The van der Waals surface area contributed by atoms with Crippen molar-refractivity contribution >= 4 is 17.7 Å². The van der Waals surface area contributed by atoms with Crippen LogP contribution in [0.5, 0.6) is 5.75 Å². The summed E-state index contributed by atoms with van der Waals surface area (Å²) in [6, 6.07) is 15.0. The van der Waals surface area contributed by atoms with Gasteiger partial charge in [-0.25, -0.2) is 0 Å². The lowest BCUT2D eigenvalue weighted by molar-refractivity contribution is -0.142. The van der Waals surface area contributed by atoms with Crippen molar-refractivity contribution in [2.45, 2.75) is 64.1 Å². The molecule has 218 valence electrons. The zero-order valence-corrected chi connectivity index (χ0v) is 23.9. The van der Waals surface area contributed by atoms with Gasteiger partial charge in [-0.3, -0.25) is 14.4 Å². The third-order valence-corrected chi connectivity index (χ3v) is 7.53. The first kappa shape index (κ1) is 31.1. The molecule has 1 heterocycles. The molecule has 0 saturated carbocycles. The molecular weight excluding hydrogens is 508 g/mol. The molecule has 0 fully saturated rings. The maximum absolute atomic E-state index is 13.7. The van der Waals surface area contributed by atoms with E-state index in [0.29, 0.717) is 32.5 Å². The number of likely N-dealkylation sites (N-methyl/N-ethyl adjacent to an activating group) is 1. The minimum absolute atomic E-state index is 0.00211. The van der Waals surface area contributed by atoms with Crippen molar-refractivity contribution in [3.05, 3.63) is 65.7 Å². The molecule has 2 aromatic carbocycles. The monoisotopic (exact) mass is 552 g/mol. The van der Waals surface area contributed by atoms with Crippen molar-refractivity contribution in [3.8, 4) is 5.75 Å². The van der Waals surface area contributed by atoms with Crippen LogP contribution in [-0.2, 0) is 27.2 Å². The minimum atomic E-state index is -0.932. The summed E-state index contributed by atoms with van der Waals surface area (Å²) in [7, 11) is 1.58. The van der Waals surface area contributed by atoms with Crippen LogP contribution >= 0.6 is 0 Å². The number of benzene rings is 2. The zero-order chi connectivity index (χ0) is 28.9. The third kappa shape index (κ3) is 8.79. The van der Waals surface area contributed by atoms with Crippen LogP contribution in [0.1, 0.15) is 44.2 Å². The number of aryl methyl sites for hydroxylation is 1. The topological polar surface area (TPSA) is 120 Å². The molecule has 4 N–H and O–H groups in total. The number of ether oxygens (including phenoxy) is 1. The summed E-state index contributed by atoms with van der Waals surface area (Å²) in [5, 5.41) is 19.0. The number of aliphatic hydroxyl groups is 1. The van der Waals surface area contributed by atoms with Crippen molar-refractivity contribution in [2.75, 3.05) is 33.4 Å². The first-order valence-corrected chi connectivity index (χ1v) is 14.3. The molecule has 0 aliphatic carbocycles. The van der Waals surface area contributed by atoms with Crippen LogP contribution in [0.3, 0.4) is 0 Å². The van der Waals surface area contributed by atoms with E-state index in [0.717, 1.165) is 29.7 Å². The molecule has 2 aromatic rings. The van der Waals surface area contributed by atoms with Crippen LogP contribution < -0.4 is 20.7 Å². The summed E-state index contributed by atoms with van der Waals surface area (Å²) < 4.78 is 6.07. The highest BCUT2D eigenvalue weighted by Gasteiger charge is 2.34. The quantitative estimate of drug-likeness (QED) is 0.436. The second-order valence-corrected chi connectivity index (χ2v) is 10.4. The highest BCUT2D eigenvalue weighted by molar-refractivity contribution is 5.93. The van der Waals surface area contributed by atoms with Crippen molar-refractivity contribution < 1.29 is 24.2 Å². The van der Waals surface area contributed by atoms with Gasteiger partial charge in [-0.05, 0) is 42.4 Å². The Balaban J connectivity index is 1.90. The van der Waals surface area contributed by atoms with Gasteiger partial charge in [0, 0.05) is 33.2 Å². The van der Waals surface area contributed by atoms with Gasteiger partial charge in [0.15, 0.2) is 0 Å². The number of hydrogen-bond donors (Lipinski definition) is 4. The summed E-state index contributed by atoms with van der Waals surface area (Å²) in [4.78, 5) is 41.9. The van der Waals surface area contributed by atoms with E-state index >= 15 is 0 Å². The predicted octanol–water partition coefficient (Wildman–Crippen LogP) is 2.07. The van der Waals surface area contributed by atoms with Gasteiger partial charge in [-0.2, -0.15) is 0 Å². The number of rotatable bonds is 6. The lowest BCUT2D eigenvalue weighted by Crippen LogP contribution is -2.58. The first-order valence-electron chi connectivity index (χ1n) is 14.3. The van der Waals surface area contributed by atoms with Crippen molar-refractivity contribution in [3.63, 3.8) is 0 Å². The highest BCUT2D eigenvalue weighted by atomic mass is 16.5. The van der Waals surface area contributed by atoms with Crippen LogP contribution in [0.15, 0.2) is 54.6 Å². The van der Waals surface area contributed by atoms with Gasteiger partial charge in [0.2, 0.25) is 17.7 Å². The van der Waals surface area contributed by atoms with E-state index < -0.39 is 24.0 Å². The van der Waals surface area contributed by atoms with E-state index in [9.17, 15) is 19.5 Å². The molecule has 3 amide bonds. The predicted molar refractivity (Wildman–Crippen MR) is 155 cm³/mol. The van der Waals surface area contributed by atoms with Gasteiger partial charge < -0.3 is 30.7 Å². The summed E-state index contributed by atoms with van der Waals surface area (Å²) in [6.07, 6.45) is 2.54. The van der Waals surface area contributed by atoms with Gasteiger partial charge in [0.05, 0.1) is 6.04 Å². The van der Waals surface area contributed by atoms with E-state index in [1.165, 1.54) is 4.90 Å². The number of para-hydroxylation sites is 1. The minimum Gasteiger partial charge on any atom is -0.492 e. The molecule has 0 spiro atoms. The molecule has 0 saturated heterocycles. The van der Waals surface area contributed by atoms with Gasteiger partial charge in [-0.15, -0.1) is 0 Å². The van der Waals surface area contributed by atoms with Crippen molar-refractivity contribution in [1.29, 1.82) is 0 Å². The van der Waals surface area contributed by atoms with Gasteiger partial charge in [0.25, 0.3) is 0 Å². The smallest absolute Gasteiger partial charge is 0.243 e. The zero-order valence-electron chi connectivity index (χ0n) is 23.9. The molecule has 0 bridgehead atoms. The number of nitrogens with zero attached hydrogens (tertiary/aromatic N) is 1. The Hall–Kier alpha value is -3.43. The molecular formula is C31H44N4O5. The summed E-state index contributed by atoms with van der Waals surface area (Å²) in [5.74, 6) is -0.214. The molecule has 9 nitrogen and oxygen atoms in total. The van der Waals surface area contributed by atoms with Crippen molar-refractivity contribution in [2.24, 2.45) is 5.92 Å². The van der Waals surface area contributed by atoms with Crippen LogP contribution in [0.4, 0.5) is 0 Å². The molecule has 1 unspecified atom stereocenters. The Morgan fingerprint density at radius 2 is 1.75 bits per heavy atom. The largest absolute Gasteiger partial charge is 0.492 e. The van der Waals surface area contributed by atoms with Gasteiger partial charge >= 0.3 is 0 Å². The van der Waals surface area contributed by atoms with Crippen LogP contribution in [0.25, 0.3) is 0 Å². The standard InChI is InChI=1S/C31H44N4O5/c1-4-22(2)28-31(39)35(3)26(16-19-36)30(38)34-25(21-23-11-6-5-7-12-23)29(37)33-17-10-14-24-13-8-9-15-27(24)40-20-18-32-28/h5-9,11-13,15,22,25-26,28,32,36H,4,10,14,16-21H2,1-3H3,(H,33,37)(H,34,38)/t22?,25-,26+,28+/m1/s1. The maximum Gasteiger partial charge on any atom is 0.243 e. The highest BCUT2D eigenvalue weighted by Crippen LogP contribution is 2.20. The molecule has 1 aliphatic rings. The molecule has 40 heavy (non-hydrogen) atoms. The van der Waals surface area contributed by atoms with E-state index in [2.05, 4.69) is 16.0 Å². The van der Waals surface area contributed by atoms with E-state index in [-0.39, 0.29) is 30.8 Å².